The minimum absolute atomic E-state index is 0.184. The molecule has 0 saturated heterocycles. The molecule has 0 aliphatic carbocycles. The first-order chi connectivity index (χ1) is 9.15. The normalized spacial score (nSPS) is 12.4. The van der Waals surface area contributed by atoms with Crippen molar-refractivity contribution in [2.24, 2.45) is 5.41 Å². The molecule has 0 fully saturated rings. The molecule has 0 radical (unpaired) electrons. The summed E-state index contributed by atoms with van der Waals surface area (Å²) in [6.07, 6.45) is 1.50. The molecule has 3 nitrogen and oxygen atoms in total. The monoisotopic (exact) mass is 315 g/mol. The summed E-state index contributed by atoms with van der Waals surface area (Å²) in [5.74, 6) is 0. The summed E-state index contributed by atoms with van der Waals surface area (Å²) in [5.41, 5.74) is 0.850. The van der Waals surface area contributed by atoms with Gasteiger partial charge in [-0.1, -0.05) is 49.7 Å². The van der Waals surface area contributed by atoms with Gasteiger partial charge in [0.15, 0.2) is 0 Å². The molecule has 0 amide bonds. The molecule has 0 atom stereocenters. The standard InChI is InChI=1S/C15H22ClNO2S/c1-12-6-8-14(9-7-12)20(18,19)17-11-5-10-15(3,4)13(2)16/h6-9,17H,2,5,10-11H2,1,3-4H3. The van der Waals surface area contributed by atoms with Gasteiger partial charge >= 0.3 is 0 Å². The van der Waals surface area contributed by atoms with E-state index in [1.165, 1.54) is 0 Å². The van der Waals surface area contributed by atoms with E-state index < -0.39 is 10.0 Å². The molecule has 1 aromatic rings. The second-order valence-electron chi connectivity index (χ2n) is 5.60. The number of halogens is 1. The number of rotatable bonds is 7. The van der Waals surface area contributed by atoms with E-state index >= 15 is 0 Å². The molecule has 0 spiro atoms. The Morgan fingerprint density at radius 3 is 2.35 bits per heavy atom. The molecule has 0 saturated carbocycles. The summed E-state index contributed by atoms with van der Waals surface area (Å²) in [6.45, 7) is 10.0. The predicted octanol–water partition coefficient (Wildman–Crippen LogP) is 3.83. The fourth-order valence-electron chi connectivity index (χ4n) is 1.67. The first-order valence-electron chi connectivity index (χ1n) is 6.56. The van der Waals surface area contributed by atoms with Crippen LogP contribution in [0.25, 0.3) is 0 Å². The fraction of sp³-hybridized carbons (Fsp3) is 0.467. The van der Waals surface area contributed by atoms with Crippen molar-refractivity contribution < 1.29 is 8.42 Å². The highest BCUT2D eigenvalue weighted by Crippen LogP contribution is 2.32. The highest BCUT2D eigenvalue weighted by molar-refractivity contribution is 7.89. The summed E-state index contributed by atoms with van der Waals surface area (Å²) in [4.78, 5) is 0.295. The van der Waals surface area contributed by atoms with Crippen molar-refractivity contribution >= 4 is 21.6 Å². The van der Waals surface area contributed by atoms with E-state index in [9.17, 15) is 8.42 Å². The van der Waals surface area contributed by atoms with E-state index in [0.29, 0.717) is 22.9 Å². The zero-order valence-electron chi connectivity index (χ0n) is 12.2. The summed E-state index contributed by atoms with van der Waals surface area (Å²) < 4.78 is 26.7. The van der Waals surface area contributed by atoms with Crippen LogP contribution in [0.5, 0.6) is 0 Å². The SMILES string of the molecule is C=C(Cl)C(C)(C)CCCNS(=O)(=O)c1ccc(C)cc1. The molecule has 0 aliphatic rings. The van der Waals surface area contributed by atoms with Gasteiger partial charge in [0.2, 0.25) is 10.0 Å². The number of benzene rings is 1. The Bertz CT molecular complexity index is 562. The van der Waals surface area contributed by atoms with Crippen LogP contribution in [0.1, 0.15) is 32.3 Å². The molecule has 1 rings (SSSR count). The Balaban J connectivity index is 2.53. The van der Waals surface area contributed by atoms with Crippen molar-refractivity contribution in [2.75, 3.05) is 6.54 Å². The van der Waals surface area contributed by atoms with Crippen LogP contribution >= 0.6 is 11.6 Å². The third kappa shape index (κ3) is 4.93. The van der Waals surface area contributed by atoms with E-state index in [-0.39, 0.29) is 5.41 Å². The molecule has 5 heteroatoms. The Morgan fingerprint density at radius 2 is 1.85 bits per heavy atom. The maximum absolute atomic E-state index is 12.0. The van der Waals surface area contributed by atoms with E-state index in [1.54, 1.807) is 24.3 Å². The Morgan fingerprint density at radius 1 is 1.30 bits per heavy atom. The predicted molar refractivity (Wildman–Crippen MR) is 84.4 cm³/mol. The van der Waals surface area contributed by atoms with Gasteiger partial charge in [-0.25, -0.2) is 13.1 Å². The van der Waals surface area contributed by atoms with Gasteiger partial charge in [0, 0.05) is 11.6 Å². The quantitative estimate of drug-likeness (QED) is 0.777. The Kier molecular flexibility index (Phi) is 5.80. The van der Waals surface area contributed by atoms with Gasteiger partial charge in [-0.2, -0.15) is 0 Å². The zero-order chi connectivity index (χ0) is 15.4. The fourth-order valence-corrected chi connectivity index (χ4v) is 2.84. The van der Waals surface area contributed by atoms with Crippen molar-refractivity contribution in [3.05, 3.63) is 41.4 Å². The first-order valence-corrected chi connectivity index (χ1v) is 8.42. The van der Waals surface area contributed by atoms with Gasteiger partial charge < -0.3 is 0 Å². The van der Waals surface area contributed by atoms with Crippen LogP contribution < -0.4 is 4.72 Å². The van der Waals surface area contributed by atoms with Crippen molar-refractivity contribution in [1.29, 1.82) is 0 Å². The van der Waals surface area contributed by atoms with Gasteiger partial charge in [-0.15, -0.1) is 0 Å². The minimum atomic E-state index is -3.42. The average molecular weight is 316 g/mol. The lowest BCUT2D eigenvalue weighted by Gasteiger charge is -2.23. The second-order valence-corrected chi connectivity index (χ2v) is 7.83. The second kappa shape index (κ2) is 6.74. The largest absolute Gasteiger partial charge is 0.240 e. The number of hydrogen-bond acceptors (Lipinski definition) is 2. The summed E-state index contributed by atoms with van der Waals surface area (Å²) in [7, 11) is -3.42. The smallest absolute Gasteiger partial charge is 0.211 e. The average Bonchev–Trinajstić information content (AvgIpc) is 2.35. The first kappa shape index (κ1) is 17.2. The maximum Gasteiger partial charge on any atom is 0.240 e. The van der Waals surface area contributed by atoms with Crippen molar-refractivity contribution in [2.45, 2.75) is 38.5 Å². The molecule has 1 N–H and O–H groups in total. The van der Waals surface area contributed by atoms with Crippen molar-refractivity contribution in [3.8, 4) is 0 Å². The minimum Gasteiger partial charge on any atom is -0.211 e. The zero-order valence-corrected chi connectivity index (χ0v) is 13.8. The number of nitrogens with one attached hydrogen (secondary N) is 1. The molecular formula is C15H22ClNO2S. The highest BCUT2D eigenvalue weighted by Gasteiger charge is 2.20. The lowest BCUT2D eigenvalue weighted by molar-refractivity contribution is 0.412. The molecule has 0 heterocycles. The van der Waals surface area contributed by atoms with E-state index in [1.807, 2.05) is 20.8 Å². The molecule has 0 unspecified atom stereocenters. The van der Waals surface area contributed by atoms with Crippen LogP contribution in [0.4, 0.5) is 0 Å². The lowest BCUT2D eigenvalue weighted by atomic mass is 9.88. The molecule has 0 bridgehead atoms. The number of sulfonamides is 1. The van der Waals surface area contributed by atoms with E-state index in [2.05, 4.69) is 11.3 Å². The molecule has 0 aromatic heterocycles. The van der Waals surface area contributed by atoms with Crippen molar-refractivity contribution in [3.63, 3.8) is 0 Å². The third-order valence-corrected chi connectivity index (χ3v) is 5.32. The summed E-state index contributed by atoms with van der Waals surface area (Å²) >= 11 is 5.92. The van der Waals surface area contributed by atoms with Crippen LogP contribution in [0.2, 0.25) is 0 Å². The van der Waals surface area contributed by atoms with Gasteiger partial charge in [-0.3, -0.25) is 0 Å². The maximum atomic E-state index is 12.0. The summed E-state index contributed by atoms with van der Waals surface area (Å²) in [6, 6.07) is 6.80. The lowest BCUT2D eigenvalue weighted by Crippen LogP contribution is -2.26. The third-order valence-electron chi connectivity index (χ3n) is 3.34. The van der Waals surface area contributed by atoms with Crippen LogP contribution in [-0.2, 0) is 10.0 Å². The van der Waals surface area contributed by atoms with Gasteiger partial charge in [0.1, 0.15) is 0 Å². The van der Waals surface area contributed by atoms with E-state index in [0.717, 1.165) is 12.0 Å². The molecular weight excluding hydrogens is 294 g/mol. The molecule has 0 aliphatic heterocycles. The van der Waals surface area contributed by atoms with Crippen LogP contribution in [0.15, 0.2) is 40.8 Å². The van der Waals surface area contributed by atoms with Crippen molar-refractivity contribution in [1.82, 2.24) is 4.72 Å². The highest BCUT2D eigenvalue weighted by atomic mass is 35.5. The topological polar surface area (TPSA) is 46.2 Å². The number of hydrogen-bond donors (Lipinski definition) is 1. The van der Waals surface area contributed by atoms with E-state index in [4.69, 9.17) is 11.6 Å². The number of aryl methyl sites for hydroxylation is 1. The van der Waals surface area contributed by atoms with Crippen LogP contribution in [-0.4, -0.2) is 15.0 Å². The molecule has 20 heavy (non-hydrogen) atoms. The van der Waals surface area contributed by atoms with Gasteiger partial charge in [0.05, 0.1) is 4.90 Å². The Labute approximate surface area is 127 Å². The number of allylic oxidation sites excluding steroid dienone is 1. The Hall–Kier alpha value is -0.840. The van der Waals surface area contributed by atoms with Gasteiger partial charge in [0.25, 0.3) is 0 Å². The molecule has 1 aromatic carbocycles. The van der Waals surface area contributed by atoms with Crippen LogP contribution in [0, 0.1) is 12.3 Å². The van der Waals surface area contributed by atoms with Crippen LogP contribution in [0.3, 0.4) is 0 Å². The summed E-state index contributed by atoms with van der Waals surface area (Å²) in [5, 5.41) is 0.596. The molecule has 112 valence electrons. The van der Waals surface area contributed by atoms with Gasteiger partial charge in [-0.05, 0) is 37.3 Å².